The molecule has 1 amide bonds. The summed E-state index contributed by atoms with van der Waals surface area (Å²) in [6.45, 7) is 1.82. The molecule has 0 aliphatic carbocycles. The Bertz CT molecular complexity index is 1270. The van der Waals surface area contributed by atoms with E-state index in [1.807, 2.05) is 36.4 Å². The van der Waals surface area contributed by atoms with Crippen LogP contribution in [-0.2, 0) is 33.9 Å². The number of aryl methyl sites for hydroxylation is 2. The highest BCUT2D eigenvalue weighted by molar-refractivity contribution is 7.90. The van der Waals surface area contributed by atoms with Crippen LogP contribution in [0.2, 0.25) is 0 Å². The van der Waals surface area contributed by atoms with Crippen LogP contribution in [-0.4, -0.2) is 37.9 Å². The van der Waals surface area contributed by atoms with Gasteiger partial charge in [-0.25, -0.2) is 13.4 Å². The topological polar surface area (TPSA) is 153 Å². The number of amides is 1. The van der Waals surface area contributed by atoms with Crippen molar-refractivity contribution in [3.05, 3.63) is 70.2 Å². The number of benzene rings is 2. The second-order valence-electron chi connectivity index (χ2n) is 7.83. The van der Waals surface area contributed by atoms with E-state index in [9.17, 15) is 13.2 Å². The number of sulfone groups is 1. The van der Waals surface area contributed by atoms with E-state index in [-0.39, 0.29) is 10.8 Å². The fraction of sp³-hybridized carbons (Fsp3) is 0.261. The number of rotatable bonds is 10. The van der Waals surface area contributed by atoms with Gasteiger partial charge in [0.25, 0.3) is 0 Å². The average molecular weight is 501 g/mol. The molecule has 0 spiro atoms. The number of amidine groups is 1. The molecule has 34 heavy (non-hydrogen) atoms. The number of thiazole rings is 1. The fourth-order valence-electron chi connectivity index (χ4n) is 3.25. The van der Waals surface area contributed by atoms with Crippen molar-refractivity contribution in [1.82, 2.24) is 4.98 Å². The molecule has 0 aliphatic rings. The van der Waals surface area contributed by atoms with E-state index in [0.717, 1.165) is 33.8 Å². The van der Waals surface area contributed by atoms with Crippen molar-refractivity contribution < 1.29 is 13.2 Å². The standard InChI is InChI=1S/C23H28N6O3S2/c1-15(30)27-23-28-20(12-7-16-3-8-18(9-4-16)26-14-22(24)29-25)21(33-23)13-17-5-10-19(11-6-17)34(2,31)32/h3-6,8-11,26H,7,12-14,25H2,1-2H3,(H2,24,29)(H,27,28,30). The SMILES string of the molecule is CC(=O)Nc1nc(CCc2ccc(NCC(N)=NN)cc2)c(Cc2ccc(S(C)(=O)=O)cc2)s1. The lowest BCUT2D eigenvalue weighted by atomic mass is 10.0. The first kappa shape index (κ1) is 25.2. The van der Waals surface area contributed by atoms with Crippen molar-refractivity contribution in [3.8, 4) is 0 Å². The molecule has 3 aromatic rings. The molecule has 2 aromatic carbocycles. The first-order valence-corrected chi connectivity index (χ1v) is 13.2. The maximum atomic E-state index is 11.7. The average Bonchev–Trinajstić information content (AvgIpc) is 3.16. The fourth-order valence-corrected chi connectivity index (χ4v) is 4.97. The Morgan fingerprint density at radius 1 is 1.06 bits per heavy atom. The highest BCUT2D eigenvalue weighted by atomic mass is 32.2. The number of hydrogen-bond donors (Lipinski definition) is 4. The minimum Gasteiger partial charge on any atom is -0.384 e. The van der Waals surface area contributed by atoms with Crippen LogP contribution >= 0.6 is 11.3 Å². The molecule has 6 N–H and O–H groups in total. The van der Waals surface area contributed by atoms with Gasteiger partial charge in [0.1, 0.15) is 5.84 Å². The normalized spacial score (nSPS) is 11.9. The van der Waals surface area contributed by atoms with Gasteiger partial charge in [-0.3, -0.25) is 4.79 Å². The molecular weight excluding hydrogens is 472 g/mol. The first-order valence-electron chi connectivity index (χ1n) is 10.5. The third-order valence-corrected chi connectivity index (χ3v) is 7.16. The molecule has 3 rings (SSSR count). The van der Waals surface area contributed by atoms with Crippen molar-refractivity contribution in [2.75, 3.05) is 23.4 Å². The van der Waals surface area contributed by atoms with Gasteiger partial charge in [-0.2, -0.15) is 5.10 Å². The summed E-state index contributed by atoms with van der Waals surface area (Å²) in [5.74, 6) is 5.29. The molecular formula is C23H28N6O3S2. The Kier molecular flexibility index (Phi) is 8.24. The molecule has 180 valence electrons. The quantitative estimate of drug-likeness (QED) is 0.144. The van der Waals surface area contributed by atoms with Crippen LogP contribution in [0.15, 0.2) is 58.5 Å². The highest BCUT2D eigenvalue weighted by Crippen LogP contribution is 2.27. The summed E-state index contributed by atoms with van der Waals surface area (Å²) in [6.07, 6.45) is 3.27. The smallest absolute Gasteiger partial charge is 0.223 e. The zero-order chi connectivity index (χ0) is 24.7. The molecule has 0 radical (unpaired) electrons. The summed E-state index contributed by atoms with van der Waals surface area (Å²) in [7, 11) is -3.24. The van der Waals surface area contributed by atoms with Gasteiger partial charge in [-0.1, -0.05) is 24.3 Å². The maximum Gasteiger partial charge on any atom is 0.223 e. The van der Waals surface area contributed by atoms with Crippen molar-refractivity contribution in [2.24, 2.45) is 16.7 Å². The van der Waals surface area contributed by atoms with E-state index >= 15 is 0 Å². The number of nitrogens with one attached hydrogen (secondary N) is 2. The van der Waals surface area contributed by atoms with E-state index in [1.165, 1.54) is 24.5 Å². The minimum absolute atomic E-state index is 0.173. The Morgan fingerprint density at radius 3 is 2.29 bits per heavy atom. The summed E-state index contributed by atoms with van der Waals surface area (Å²) in [6, 6.07) is 14.8. The molecule has 0 atom stereocenters. The lowest BCUT2D eigenvalue weighted by molar-refractivity contribution is -0.114. The van der Waals surface area contributed by atoms with E-state index in [0.29, 0.717) is 30.4 Å². The number of nitrogens with zero attached hydrogens (tertiary/aromatic N) is 2. The van der Waals surface area contributed by atoms with Crippen LogP contribution in [0.25, 0.3) is 0 Å². The van der Waals surface area contributed by atoms with Crippen molar-refractivity contribution in [3.63, 3.8) is 0 Å². The Morgan fingerprint density at radius 2 is 1.71 bits per heavy atom. The second kappa shape index (κ2) is 11.1. The van der Waals surface area contributed by atoms with Crippen molar-refractivity contribution >= 4 is 43.7 Å². The van der Waals surface area contributed by atoms with Crippen LogP contribution < -0.4 is 22.2 Å². The van der Waals surface area contributed by atoms with Gasteiger partial charge in [-0.15, -0.1) is 11.3 Å². The van der Waals surface area contributed by atoms with Crippen LogP contribution in [0, 0.1) is 0 Å². The maximum absolute atomic E-state index is 11.7. The minimum atomic E-state index is -3.24. The number of hydrazone groups is 1. The Hall–Kier alpha value is -3.44. The molecule has 1 aromatic heterocycles. The second-order valence-corrected chi connectivity index (χ2v) is 10.9. The van der Waals surface area contributed by atoms with Gasteiger partial charge < -0.3 is 22.2 Å². The lowest BCUT2D eigenvalue weighted by Gasteiger charge is -2.07. The predicted octanol–water partition coefficient (Wildman–Crippen LogP) is 2.52. The number of hydrogen-bond acceptors (Lipinski definition) is 8. The van der Waals surface area contributed by atoms with Gasteiger partial charge >= 0.3 is 0 Å². The summed E-state index contributed by atoms with van der Waals surface area (Å²) in [4.78, 5) is 17.5. The Labute approximate surface area is 203 Å². The third kappa shape index (κ3) is 7.29. The monoisotopic (exact) mass is 500 g/mol. The molecule has 0 bridgehead atoms. The highest BCUT2D eigenvalue weighted by Gasteiger charge is 2.14. The number of nitrogens with two attached hydrogens (primary N) is 2. The van der Waals surface area contributed by atoms with Crippen LogP contribution in [0.5, 0.6) is 0 Å². The van der Waals surface area contributed by atoms with E-state index < -0.39 is 9.84 Å². The first-order chi connectivity index (χ1) is 16.1. The molecule has 0 saturated carbocycles. The van der Waals surface area contributed by atoms with Crippen molar-refractivity contribution in [2.45, 2.75) is 31.1 Å². The molecule has 0 fully saturated rings. The number of anilines is 2. The lowest BCUT2D eigenvalue weighted by Crippen LogP contribution is -2.24. The zero-order valence-corrected chi connectivity index (χ0v) is 20.7. The van der Waals surface area contributed by atoms with Crippen LogP contribution in [0.1, 0.15) is 28.6 Å². The summed E-state index contributed by atoms with van der Waals surface area (Å²) >= 11 is 1.44. The predicted molar refractivity (Wildman–Crippen MR) is 137 cm³/mol. The molecule has 0 aliphatic heterocycles. The molecule has 11 heteroatoms. The molecule has 0 unspecified atom stereocenters. The summed E-state index contributed by atoms with van der Waals surface area (Å²) < 4.78 is 23.4. The zero-order valence-electron chi connectivity index (χ0n) is 19.0. The van der Waals surface area contributed by atoms with E-state index in [2.05, 4.69) is 20.7 Å². The number of carbonyl (C=O) groups excluding carboxylic acids is 1. The van der Waals surface area contributed by atoms with Crippen LogP contribution in [0.3, 0.4) is 0 Å². The van der Waals surface area contributed by atoms with Gasteiger partial charge in [0.2, 0.25) is 5.91 Å². The van der Waals surface area contributed by atoms with Gasteiger partial charge in [0, 0.05) is 30.2 Å². The largest absolute Gasteiger partial charge is 0.384 e. The van der Waals surface area contributed by atoms with Gasteiger partial charge in [0.15, 0.2) is 15.0 Å². The Balaban J connectivity index is 1.71. The summed E-state index contributed by atoms with van der Waals surface area (Å²) in [5.41, 5.74) is 9.54. The van der Waals surface area contributed by atoms with Gasteiger partial charge in [0.05, 0.1) is 17.1 Å². The summed E-state index contributed by atoms with van der Waals surface area (Å²) in [5, 5.41) is 9.90. The van der Waals surface area contributed by atoms with Crippen LogP contribution in [0.4, 0.5) is 10.8 Å². The van der Waals surface area contributed by atoms with Crippen molar-refractivity contribution in [1.29, 1.82) is 0 Å². The molecule has 0 saturated heterocycles. The molecule has 9 nitrogen and oxygen atoms in total. The van der Waals surface area contributed by atoms with E-state index in [4.69, 9.17) is 11.6 Å². The van der Waals surface area contributed by atoms with Gasteiger partial charge in [-0.05, 0) is 48.2 Å². The molecule has 1 heterocycles. The number of aromatic nitrogens is 1. The third-order valence-electron chi connectivity index (χ3n) is 5.02. The van der Waals surface area contributed by atoms with E-state index in [1.54, 1.807) is 12.1 Å². The number of carbonyl (C=O) groups is 1.